The van der Waals surface area contributed by atoms with E-state index < -0.39 is 0 Å². The van der Waals surface area contributed by atoms with Crippen molar-refractivity contribution in [3.8, 4) is 11.5 Å². The molecule has 5 heteroatoms. The first-order chi connectivity index (χ1) is 15.8. The average molecular weight is 430 g/mol. The molecule has 5 rings (SSSR count). The van der Waals surface area contributed by atoms with Gasteiger partial charge in [-0.05, 0) is 73.4 Å². The average Bonchev–Trinajstić information content (AvgIpc) is 3.47. The molecule has 0 atom stereocenters. The summed E-state index contributed by atoms with van der Waals surface area (Å²) in [5.41, 5.74) is 2.01. The first kappa shape index (κ1) is 20.8. The Kier molecular flexibility index (Phi) is 6.54. The minimum Gasteiger partial charge on any atom is -0.463 e. The van der Waals surface area contributed by atoms with Gasteiger partial charge in [-0.25, -0.2) is 0 Å². The fraction of sp³-hybridized carbons (Fsp3) is 0.370. The molecule has 5 nitrogen and oxygen atoms in total. The molecule has 0 N–H and O–H groups in total. The highest BCUT2D eigenvalue weighted by Crippen LogP contribution is 2.27. The number of anilines is 1. The van der Waals surface area contributed by atoms with E-state index in [0.717, 1.165) is 43.4 Å². The number of likely N-dealkylation sites (tertiary alicyclic amines) is 1. The van der Waals surface area contributed by atoms with Crippen LogP contribution in [0.5, 0.6) is 0 Å². The minimum atomic E-state index is 0.732. The highest BCUT2D eigenvalue weighted by molar-refractivity contribution is 5.83. The molecule has 0 radical (unpaired) electrons. The summed E-state index contributed by atoms with van der Waals surface area (Å²) in [5.74, 6) is 1.52. The summed E-state index contributed by atoms with van der Waals surface area (Å²) in [6.07, 6.45) is 8.17. The van der Waals surface area contributed by atoms with E-state index in [0.29, 0.717) is 0 Å². The first-order valence-corrected chi connectivity index (χ1v) is 11.8. The highest BCUT2D eigenvalue weighted by Gasteiger charge is 2.17. The molecule has 0 spiro atoms. The van der Waals surface area contributed by atoms with E-state index in [4.69, 9.17) is 8.94 Å². The van der Waals surface area contributed by atoms with Gasteiger partial charge in [0.15, 0.2) is 11.5 Å². The lowest BCUT2D eigenvalue weighted by Crippen LogP contribution is -2.30. The molecule has 0 amide bonds. The van der Waals surface area contributed by atoms with Gasteiger partial charge in [0, 0.05) is 19.2 Å². The molecular weight excluding hydrogens is 398 g/mol. The fourth-order valence-electron chi connectivity index (χ4n) is 4.62. The van der Waals surface area contributed by atoms with Crippen LogP contribution in [0.1, 0.15) is 37.7 Å². The van der Waals surface area contributed by atoms with E-state index in [9.17, 15) is 0 Å². The molecular formula is C27H31N3O2. The van der Waals surface area contributed by atoms with Crippen LogP contribution in [0, 0.1) is 0 Å². The summed E-state index contributed by atoms with van der Waals surface area (Å²) in [6, 6.07) is 21.0. The normalized spacial score (nSPS) is 15.1. The van der Waals surface area contributed by atoms with Crippen LogP contribution in [-0.2, 0) is 6.54 Å². The van der Waals surface area contributed by atoms with Crippen molar-refractivity contribution in [3.63, 3.8) is 0 Å². The molecule has 32 heavy (non-hydrogen) atoms. The lowest BCUT2D eigenvalue weighted by molar-refractivity contribution is 0.281. The molecule has 2 aromatic heterocycles. The third-order valence-electron chi connectivity index (χ3n) is 6.37. The van der Waals surface area contributed by atoms with Gasteiger partial charge in [-0.1, -0.05) is 54.4 Å². The van der Waals surface area contributed by atoms with E-state index >= 15 is 0 Å². The zero-order chi connectivity index (χ0) is 21.6. The predicted octanol–water partition coefficient (Wildman–Crippen LogP) is 6.36. The Balaban J connectivity index is 1.32. The summed E-state index contributed by atoms with van der Waals surface area (Å²) in [5, 5.41) is 6.79. The molecule has 1 aliphatic rings. The van der Waals surface area contributed by atoms with Crippen LogP contribution in [-0.4, -0.2) is 36.2 Å². The van der Waals surface area contributed by atoms with Crippen molar-refractivity contribution in [2.75, 3.05) is 31.1 Å². The van der Waals surface area contributed by atoms with Crippen LogP contribution in [0.25, 0.3) is 22.2 Å². The minimum absolute atomic E-state index is 0.732. The number of benzene rings is 2. The zero-order valence-corrected chi connectivity index (χ0v) is 18.6. The fourth-order valence-corrected chi connectivity index (χ4v) is 4.62. The summed E-state index contributed by atoms with van der Waals surface area (Å²) in [7, 11) is 0. The Morgan fingerprint density at radius 1 is 0.875 bits per heavy atom. The van der Waals surface area contributed by atoms with Gasteiger partial charge >= 0.3 is 0 Å². The van der Waals surface area contributed by atoms with Crippen LogP contribution in [0.3, 0.4) is 0 Å². The second-order valence-corrected chi connectivity index (χ2v) is 8.74. The number of furan rings is 1. The maximum Gasteiger partial charge on any atom is 0.228 e. The Bertz CT molecular complexity index is 1110. The van der Waals surface area contributed by atoms with Gasteiger partial charge in [-0.3, -0.25) is 0 Å². The van der Waals surface area contributed by atoms with Gasteiger partial charge in [-0.15, -0.1) is 0 Å². The second kappa shape index (κ2) is 10.0. The SMILES string of the molecule is c1coc(-c2cc(N(CCCN3CCCCCC3)Cc3ccc4ccccc4c3)on2)c1. The molecule has 0 saturated carbocycles. The van der Waals surface area contributed by atoms with Gasteiger partial charge in [-0.2, -0.15) is 0 Å². The lowest BCUT2D eigenvalue weighted by Gasteiger charge is -2.24. The third-order valence-corrected chi connectivity index (χ3v) is 6.37. The number of fused-ring (bicyclic) bond motifs is 1. The van der Waals surface area contributed by atoms with E-state index in [1.807, 2.05) is 18.2 Å². The Hall–Kier alpha value is -3.05. The largest absolute Gasteiger partial charge is 0.463 e. The molecule has 1 aliphatic heterocycles. The molecule has 1 saturated heterocycles. The van der Waals surface area contributed by atoms with E-state index in [1.54, 1.807) is 6.26 Å². The lowest BCUT2D eigenvalue weighted by atomic mass is 10.1. The van der Waals surface area contributed by atoms with E-state index in [2.05, 4.69) is 57.4 Å². The van der Waals surface area contributed by atoms with Crippen LogP contribution >= 0.6 is 0 Å². The van der Waals surface area contributed by atoms with Crippen molar-refractivity contribution in [2.45, 2.75) is 38.6 Å². The monoisotopic (exact) mass is 429 g/mol. The number of nitrogens with zero attached hydrogens (tertiary/aromatic N) is 3. The highest BCUT2D eigenvalue weighted by atomic mass is 16.5. The summed E-state index contributed by atoms with van der Waals surface area (Å²) >= 11 is 0. The van der Waals surface area contributed by atoms with Gasteiger partial charge in [0.2, 0.25) is 5.88 Å². The van der Waals surface area contributed by atoms with Gasteiger partial charge in [0.05, 0.1) is 6.26 Å². The van der Waals surface area contributed by atoms with Gasteiger partial charge < -0.3 is 18.7 Å². The molecule has 2 aromatic carbocycles. The van der Waals surface area contributed by atoms with Crippen LogP contribution in [0.15, 0.2) is 75.9 Å². The molecule has 0 unspecified atom stereocenters. The zero-order valence-electron chi connectivity index (χ0n) is 18.6. The standard InChI is InChI=1S/C27H31N3O2/c1-2-6-15-29(14-5-1)16-8-17-30(27-20-25(28-32-27)26-11-7-18-31-26)21-22-12-13-23-9-3-4-10-24(23)19-22/h3-4,7,9-13,18-20H,1-2,5-6,8,14-17,21H2. The second-order valence-electron chi connectivity index (χ2n) is 8.74. The molecule has 166 valence electrons. The molecule has 0 bridgehead atoms. The van der Waals surface area contributed by atoms with Gasteiger partial charge in [0.1, 0.15) is 0 Å². The molecule has 1 fully saturated rings. The van der Waals surface area contributed by atoms with Gasteiger partial charge in [0.25, 0.3) is 0 Å². The molecule has 3 heterocycles. The summed E-state index contributed by atoms with van der Waals surface area (Å²) < 4.78 is 11.3. The Morgan fingerprint density at radius 3 is 2.53 bits per heavy atom. The smallest absolute Gasteiger partial charge is 0.228 e. The van der Waals surface area contributed by atoms with Crippen LogP contribution in [0.2, 0.25) is 0 Å². The molecule has 4 aromatic rings. The van der Waals surface area contributed by atoms with Crippen molar-refractivity contribution in [1.82, 2.24) is 10.1 Å². The Morgan fingerprint density at radius 2 is 1.72 bits per heavy atom. The number of rotatable bonds is 8. The molecule has 0 aliphatic carbocycles. The summed E-state index contributed by atoms with van der Waals surface area (Å²) in [4.78, 5) is 4.93. The topological polar surface area (TPSA) is 45.7 Å². The maximum absolute atomic E-state index is 5.78. The van der Waals surface area contributed by atoms with Crippen molar-refractivity contribution in [2.24, 2.45) is 0 Å². The number of aromatic nitrogens is 1. The first-order valence-electron chi connectivity index (χ1n) is 11.8. The van der Waals surface area contributed by atoms with Crippen molar-refractivity contribution >= 4 is 16.7 Å². The van der Waals surface area contributed by atoms with E-state index in [-0.39, 0.29) is 0 Å². The Labute approximate surface area is 189 Å². The summed E-state index contributed by atoms with van der Waals surface area (Å²) in [6.45, 7) is 5.31. The van der Waals surface area contributed by atoms with Crippen molar-refractivity contribution in [1.29, 1.82) is 0 Å². The number of hydrogen-bond donors (Lipinski definition) is 0. The predicted molar refractivity (Wildman–Crippen MR) is 129 cm³/mol. The van der Waals surface area contributed by atoms with Crippen molar-refractivity contribution < 1.29 is 8.94 Å². The maximum atomic E-state index is 5.78. The number of hydrogen-bond acceptors (Lipinski definition) is 5. The van der Waals surface area contributed by atoms with E-state index in [1.165, 1.54) is 55.1 Å². The quantitative estimate of drug-likeness (QED) is 0.326. The van der Waals surface area contributed by atoms with Crippen molar-refractivity contribution in [3.05, 3.63) is 72.5 Å². The van der Waals surface area contributed by atoms with Crippen LogP contribution < -0.4 is 4.90 Å². The third kappa shape index (κ3) is 5.05. The van der Waals surface area contributed by atoms with Crippen LogP contribution in [0.4, 0.5) is 5.88 Å².